The first-order chi connectivity index (χ1) is 11.0. The van der Waals surface area contributed by atoms with Gasteiger partial charge in [-0.2, -0.15) is 0 Å². The minimum Gasteiger partial charge on any atom is -0.464 e. The molecule has 1 aliphatic heterocycles. The first-order valence-electron chi connectivity index (χ1n) is 7.93. The highest BCUT2D eigenvalue weighted by molar-refractivity contribution is 5.87. The molecule has 0 aromatic heterocycles. The number of hydrogen-bond donors (Lipinski definition) is 1. The average molecular weight is 320 g/mol. The molecule has 1 heterocycles. The van der Waals surface area contributed by atoms with Crippen molar-refractivity contribution >= 4 is 12.1 Å². The van der Waals surface area contributed by atoms with E-state index in [4.69, 9.17) is 15.2 Å². The molecule has 6 heteroatoms. The van der Waals surface area contributed by atoms with Crippen LogP contribution in [0.25, 0.3) is 0 Å². The molecule has 0 saturated carbocycles. The maximum atomic E-state index is 12.5. The maximum Gasteiger partial charge on any atom is 0.411 e. The first-order valence-corrected chi connectivity index (χ1v) is 7.93. The first kappa shape index (κ1) is 17.3. The van der Waals surface area contributed by atoms with Gasteiger partial charge >= 0.3 is 12.1 Å². The molecule has 0 radical (unpaired) electrons. The third-order valence-electron chi connectivity index (χ3n) is 4.23. The molecule has 23 heavy (non-hydrogen) atoms. The Labute approximate surface area is 136 Å². The highest BCUT2D eigenvalue weighted by atomic mass is 16.6. The number of likely N-dealkylation sites (tertiary alicyclic amines) is 1. The van der Waals surface area contributed by atoms with Crippen molar-refractivity contribution < 1.29 is 19.1 Å². The Morgan fingerprint density at radius 2 is 2.00 bits per heavy atom. The van der Waals surface area contributed by atoms with Crippen molar-refractivity contribution in [1.29, 1.82) is 0 Å². The molecule has 2 N–H and O–H groups in total. The molecule has 2 rings (SSSR count). The van der Waals surface area contributed by atoms with Crippen molar-refractivity contribution in [2.24, 2.45) is 5.73 Å². The van der Waals surface area contributed by atoms with Crippen LogP contribution in [0, 0.1) is 0 Å². The molecule has 0 bridgehead atoms. The van der Waals surface area contributed by atoms with Gasteiger partial charge in [0.15, 0.2) is 5.54 Å². The number of carbonyl (C=O) groups excluding carboxylic acids is 2. The Kier molecular flexibility index (Phi) is 5.60. The highest BCUT2D eigenvalue weighted by Crippen LogP contribution is 2.34. The highest BCUT2D eigenvalue weighted by Gasteiger charge is 2.54. The second kappa shape index (κ2) is 7.46. The summed E-state index contributed by atoms with van der Waals surface area (Å²) in [5.74, 6) is -0.454. The molecule has 1 aliphatic rings. The molecule has 1 aromatic carbocycles. The molecule has 0 aliphatic carbocycles. The van der Waals surface area contributed by atoms with Crippen molar-refractivity contribution in [3.63, 3.8) is 0 Å². The van der Waals surface area contributed by atoms with E-state index in [0.717, 1.165) is 5.56 Å². The van der Waals surface area contributed by atoms with Gasteiger partial charge in [-0.25, -0.2) is 9.59 Å². The van der Waals surface area contributed by atoms with Crippen LogP contribution in [0.2, 0.25) is 0 Å². The van der Waals surface area contributed by atoms with Gasteiger partial charge in [-0.3, -0.25) is 4.90 Å². The van der Waals surface area contributed by atoms with Crippen LogP contribution in [0.5, 0.6) is 0 Å². The minimum absolute atomic E-state index is 0.161. The smallest absolute Gasteiger partial charge is 0.411 e. The molecular formula is C17H24N2O4. The van der Waals surface area contributed by atoms with E-state index in [0.29, 0.717) is 19.4 Å². The molecule has 2 atom stereocenters. The van der Waals surface area contributed by atoms with Gasteiger partial charge in [0, 0.05) is 12.6 Å². The van der Waals surface area contributed by atoms with Gasteiger partial charge < -0.3 is 15.2 Å². The van der Waals surface area contributed by atoms with Gasteiger partial charge in [0.2, 0.25) is 0 Å². The lowest BCUT2D eigenvalue weighted by atomic mass is 9.89. The van der Waals surface area contributed by atoms with Gasteiger partial charge in [0.05, 0.1) is 6.61 Å². The number of benzene rings is 1. The predicted molar refractivity (Wildman–Crippen MR) is 85.6 cm³/mol. The number of nitrogens with two attached hydrogens (primary N) is 1. The Balaban J connectivity index is 2.12. The Morgan fingerprint density at radius 3 is 2.61 bits per heavy atom. The number of ether oxygens (including phenoxy) is 2. The zero-order valence-electron chi connectivity index (χ0n) is 13.7. The van der Waals surface area contributed by atoms with E-state index in [2.05, 4.69) is 0 Å². The Hall–Kier alpha value is -2.08. The van der Waals surface area contributed by atoms with Crippen LogP contribution < -0.4 is 5.73 Å². The Morgan fingerprint density at radius 1 is 1.30 bits per heavy atom. The lowest BCUT2D eigenvalue weighted by Crippen LogP contribution is -2.63. The summed E-state index contributed by atoms with van der Waals surface area (Å²) in [6.07, 6.45) is 0.654. The van der Waals surface area contributed by atoms with Crippen LogP contribution in [0.1, 0.15) is 32.3 Å². The Bertz CT molecular complexity index is 547. The molecule has 0 spiro atoms. The van der Waals surface area contributed by atoms with Crippen molar-refractivity contribution in [3.05, 3.63) is 35.9 Å². The van der Waals surface area contributed by atoms with Crippen molar-refractivity contribution in [2.75, 3.05) is 13.2 Å². The SMILES string of the molecule is CCOC(=O)C1(C(C)N)CCCN1C(=O)OCc1ccccc1. The number of nitrogens with zero attached hydrogens (tertiary/aromatic N) is 1. The lowest BCUT2D eigenvalue weighted by molar-refractivity contribution is -0.156. The molecule has 2 unspecified atom stereocenters. The van der Waals surface area contributed by atoms with E-state index < -0.39 is 23.6 Å². The summed E-state index contributed by atoms with van der Waals surface area (Å²) in [6, 6.07) is 8.87. The van der Waals surface area contributed by atoms with Crippen LogP contribution in [-0.2, 0) is 20.9 Å². The van der Waals surface area contributed by atoms with Gasteiger partial charge in [-0.15, -0.1) is 0 Å². The van der Waals surface area contributed by atoms with E-state index in [1.807, 2.05) is 30.3 Å². The van der Waals surface area contributed by atoms with E-state index >= 15 is 0 Å². The molecular weight excluding hydrogens is 296 g/mol. The molecule has 126 valence electrons. The lowest BCUT2D eigenvalue weighted by Gasteiger charge is -2.38. The van der Waals surface area contributed by atoms with Crippen molar-refractivity contribution in [1.82, 2.24) is 4.90 Å². The number of rotatable bonds is 5. The van der Waals surface area contributed by atoms with Gasteiger partial charge in [-0.1, -0.05) is 30.3 Å². The fraction of sp³-hybridized carbons (Fsp3) is 0.529. The quantitative estimate of drug-likeness (QED) is 0.840. The summed E-state index contributed by atoms with van der Waals surface area (Å²) >= 11 is 0. The summed E-state index contributed by atoms with van der Waals surface area (Å²) in [6.45, 7) is 4.31. The van der Waals surface area contributed by atoms with Gasteiger partial charge in [0.1, 0.15) is 6.61 Å². The molecule has 6 nitrogen and oxygen atoms in total. The van der Waals surface area contributed by atoms with E-state index in [1.165, 1.54) is 4.90 Å². The second-order valence-corrected chi connectivity index (χ2v) is 5.73. The van der Waals surface area contributed by atoms with E-state index in [9.17, 15) is 9.59 Å². The van der Waals surface area contributed by atoms with Crippen LogP contribution in [0.3, 0.4) is 0 Å². The van der Waals surface area contributed by atoms with Crippen molar-refractivity contribution in [3.8, 4) is 0 Å². The fourth-order valence-electron chi connectivity index (χ4n) is 3.02. The normalized spacial score (nSPS) is 21.8. The zero-order valence-corrected chi connectivity index (χ0v) is 13.7. The summed E-state index contributed by atoms with van der Waals surface area (Å²) < 4.78 is 10.5. The summed E-state index contributed by atoms with van der Waals surface area (Å²) in [7, 11) is 0. The largest absolute Gasteiger partial charge is 0.464 e. The minimum atomic E-state index is -1.14. The standard InChI is InChI=1S/C17H24N2O4/c1-3-22-15(20)17(13(2)18)10-7-11-19(17)16(21)23-12-14-8-5-4-6-9-14/h4-6,8-9,13H,3,7,10-12,18H2,1-2H3. The predicted octanol–water partition coefficient (Wildman–Crippen LogP) is 2.07. The summed E-state index contributed by atoms with van der Waals surface area (Å²) in [5.41, 5.74) is 5.81. The number of hydrogen-bond acceptors (Lipinski definition) is 5. The second-order valence-electron chi connectivity index (χ2n) is 5.73. The van der Waals surface area contributed by atoms with Crippen molar-refractivity contribution in [2.45, 2.75) is 44.9 Å². The average Bonchev–Trinajstić information content (AvgIpc) is 3.00. The van der Waals surface area contributed by atoms with Crippen LogP contribution in [0.4, 0.5) is 4.79 Å². The van der Waals surface area contributed by atoms with E-state index in [-0.39, 0.29) is 13.2 Å². The van der Waals surface area contributed by atoms with Gasteiger partial charge in [0.25, 0.3) is 0 Å². The fourth-order valence-corrected chi connectivity index (χ4v) is 3.02. The molecule has 1 fully saturated rings. The van der Waals surface area contributed by atoms with Crippen LogP contribution >= 0.6 is 0 Å². The number of amides is 1. The third kappa shape index (κ3) is 3.47. The molecule has 1 amide bonds. The van der Waals surface area contributed by atoms with Crippen LogP contribution in [-0.4, -0.2) is 41.7 Å². The molecule has 1 saturated heterocycles. The maximum absolute atomic E-state index is 12.5. The summed E-state index contributed by atoms with van der Waals surface area (Å²) in [5, 5.41) is 0. The topological polar surface area (TPSA) is 81.9 Å². The molecule has 1 aromatic rings. The van der Waals surface area contributed by atoms with Crippen LogP contribution in [0.15, 0.2) is 30.3 Å². The third-order valence-corrected chi connectivity index (χ3v) is 4.23. The van der Waals surface area contributed by atoms with E-state index in [1.54, 1.807) is 13.8 Å². The monoisotopic (exact) mass is 320 g/mol. The number of esters is 1. The number of carbonyl (C=O) groups is 2. The summed E-state index contributed by atoms with van der Waals surface area (Å²) in [4.78, 5) is 26.4. The zero-order chi connectivity index (χ0) is 16.9. The van der Waals surface area contributed by atoms with Gasteiger partial charge in [-0.05, 0) is 32.3 Å².